The molecule has 0 aliphatic carbocycles. The highest BCUT2D eigenvalue weighted by Crippen LogP contribution is 2.32. The van der Waals surface area contributed by atoms with E-state index in [0.717, 1.165) is 29.4 Å². The van der Waals surface area contributed by atoms with Gasteiger partial charge in [0.25, 0.3) is 0 Å². The first-order valence-corrected chi connectivity index (χ1v) is 7.46. The van der Waals surface area contributed by atoms with E-state index in [1.165, 1.54) is 0 Å². The molecule has 1 aromatic carbocycles. The summed E-state index contributed by atoms with van der Waals surface area (Å²) in [5, 5.41) is 3.43. The lowest BCUT2D eigenvalue weighted by Crippen LogP contribution is -2.21. The van der Waals surface area contributed by atoms with E-state index < -0.39 is 0 Å². The molecule has 0 spiro atoms. The fraction of sp³-hybridized carbons (Fsp3) is 0.412. The summed E-state index contributed by atoms with van der Waals surface area (Å²) in [6, 6.07) is 9.91. The molecule has 1 unspecified atom stereocenters. The molecular weight excluding hydrogens is 266 g/mol. The Bertz CT molecular complexity index is 537. The molecule has 0 saturated heterocycles. The molecular formula is C17H23NO3. The number of hydrogen-bond acceptors (Lipinski definition) is 4. The smallest absolute Gasteiger partial charge is 0.161 e. The molecule has 4 nitrogen and oxygen atoms in total. The van der Waals surface area contributed by atoms with Crippen molar-refractivity contribution < 1.29 is 13.9 Å². The zero-order valence-electron chi connectivity index (χ0n) is 12.9. The number of furan rings is 1. The van der Waals surface area contributed by atoms with Crippen molar-refractivity contribution in [2.45, 2.75) is 26.8 Å². The Morgan fingerprint density at radius 3 is 2.43 bits per heavy atom. The molecule has 0 amide bonds. The lowest BCUT2D eigenvalue weighted by Gasteiger charge is -2.18. The number of nitrogens with one attached hydrogen (secondary N) is 1. The Labute approximate surface area is 126 Å². The van der Waals surface area contributed by atoms with Gasteiger partial charge >= 0.3 is 0 Å². The van der Waals surface area contributed by atoms with E-state index >= 15 is 0 Å². The molecule has 0 fully saturated rings. The van der Waals surface area contributed by atoms with Gasteiger partial charge in [-0.1, -0.05) is 13.0 Å². The molecule has 21 heavy (non-hydrogen) atoms. The average Bonchev–Trinajstić information content (AvgIpc) is 3.01. The van der Waals surface area contributed by atoms with E-state index in [2.05, 4.69) is 12.2 Å². The van der Waals surface area contributed by atoms with Crippen LogP contribution in [-0.2, 0) is 0 Å². The molecule has 0 saturated carbocycles. The summed E-state index contributed by atoms with van der Waals surface area (Å²) in [6.07, 6.45) is 1.69. The number of hydrogen-bond donors (Lipinski definition) is 1. The maximum atomic E-state index is 5.69. The molecule has 2 aromatic rings. The average molecular weight is 289 g/mol. The summed E-state index contributed by atoms with van der Waals surface area (Å²) in [6.45, 7) is 8.09. The zero-order valence-corrected chi connectivity index (χ0v) is 12.9. The minimum atomic E-state index is 0.0138. The Balaban J connectivity index is 2.34. The van der Waals surface area contributed by atoms with Crippen LogP contribution in [0.1, 0.15) is 38.1 Å². The third-order valence-electron chi connectivity index (χ3n) is 3.14. The standard InChI is InChI=1S/C17H23NO3/c1-4-18-17(15-8-7-11-21-15)13-9-10-14(19-5-2)16(12-13)20-6-3/h7-12,17-18H,4-6H2,1-3H3. The van der Waals surface area contributed by atoms with Gasteiger partial charge in [0.2, 0.25) is 0 Å². The van der Waals surface area contributed by atoms with Crippen molar-refractivity contribution in [3.63, 3.8) is 0 Å². The van der Waals surface area contributed by atoms with E-state index in [0.29, 0.717) is 13.2 Å². The highest BCUT2D eigenvalue weighted by molar-refractivity contribution is 5.45. The topological polar surface area (TPSA) is 43.6 Å². The van der Waals surface area contributed by atoms with Gasteiger partial charge in [0, 0.05) is 0 Å². The number of ether oxygens (including phenoxy) is 2. The molecule has 1 heterocycles. The summed E-state index contributed by atoms with van der Waals surface area (Å²) >= 11 is 0. The van der Waals surface area contributed by atoms with Crippen molar-refractivity contribution in [3.05, 3.63) is 47.9 Å². The van der Waals surface area contributed by atoms with Gasteiger partial charge in [-0.2, -0.15) is 0 Å². The van der Waals surface area contributed by atoms with E-state index in [1.54, 1.807) is 6.26 Å². The third-order valence-corrected chi connectivity index (χ3v) is 3.14. The molecule has 0 radical (unpaired) electrons. The summed E-state index contributed by atoms with van der Waals surface area (Å²) in [7, 11) is 0. The Morgan fingerprint density at radius 1 is 1.05 bits per heavy atom. The number of rotatable bonds is 8. The summed E-state index contributed by atoms with van der Waals surface area (Å²) in [5.41, 5.74) is 1.10. The van der Waals surface area contributed by atoms with Gasteiger partial charge < -0.3 is 19.2 Å². The Hall–Kier alpha value is -1.94. The lowest BCUT2D eigenvalue weighted by molar-refractivity contribution is 0.287. The van der Waals surface area contributed by atoms with Gasteiger partial charge in [-0.25, -0.2) is 0 Å². The first-order valence-electron chi connectivity index (χ1n) is 7.46. The Morgan fingerprint density at radius 2 is 1.81 bits per heavy atom. The highest BCUT2D eigenvalue weighted by Gasteiger charge is 2.18. The first-order chi connectivity index (χ1) is 10.3. The zero-order chi connectivity index (χ0) is 15.1. The molecule has 4 heteroatoms. The predicted molar refractivity (Wildman–Crippen MR) is 83.0 cm³/mol. The van der Waals surface area contributed by atoms with E-state index in [9.17, 15) is 0 Å². The van der Waals surface area contributed by atoms with Gasteiger partial charge in [0.05, 0.1) is 25.5 Å². The number of benzene rings is 1. The van der Waals surface area contributed by atoms with Crippen LogP contribution in [0, 0.1) is 0 Å². The van der Waals surface area contributed by atoms with Gasteiger partial charge in [-0.3, -0.25) is 0 Å². The summed E-state index contributed by atoms with van der Waals surface area (Å²) < 4.78 is 16.8. The normalized spacial score (nSPS) is 12.1. The SMILES string of the molecule is CCNC(c1ccc(OCC)c(OCC)c1)c1ccco1. The molecule has 0 bridgehead atoms. The molecule has 0 aliphatic heterocycles. The van der Waals surface area contributed by atoms with Crippen molar-refractivity contribution in [2.75, 3.05) is 19.8 Å². The van der Waals surface area contributed by atoms with Crippen molar-refractivity contribution in [1.82, 2.24) is 5.32 Å². The van der Waals surface area contributed by atoms with Gasteiger partial charge in [0.15, 0.2) is 11.5 Å². The summed E-state index contributed by atoms with van der Waals surface area (Å²) in [5.74, 6) is 2.44. The van der Waals surface area contributed by atoms with Crippen LogP contribution in [0.15, 0.2) is 41.0 Å². The van der Waals surface area contributed by atoms with E-state index in [4.69, 9.17) is 13.9 Å². The van der Waals surface area contributed by atoms with Crippen LogP contribution in [0.25, 0.3) is 0 Å². The maximum Gasteiger partial charge on any atom is 0.161 e. The minimum Gasteiger partial charge on any atom is -0.490 e. The molecule has 1 aromatic heterocycles. The molecule has 0 aliphatic rings. The molecule has 2 rings (SSSR count). The largest absolute Gasteiger partial charge is 0.490 e. The molecule has 114 valence electrons. The molecule has 1 N–H and O–H groups in total. The van der Waals surface area contributed by atoms with Crippen LogP contribution in [0.4, 0.5) is 0 Å². The van der Waals surface area contributed by atoms with Crippen LogP contribution in [0.3, 0.4) is 0 Å². The quantitative estimate of drug-likeness (QED) is 0.803. The first kappa shape index (κ1) is 15.4. The third kappa shape index (κ3) is 3.79. The monoisotopic (exact) mass is 289 g/mol. The van der Waals surface area contributed by atoms with Crippen LogP contribution < -0.4 is 14.8 Å². The summed E-state index contributed by atoms with van der Waals surface area (Å²) in [4.78, 5) is 0. The van der Waals surface area contributed by atoms with Gasteiger partial charge in [-0.05, 0) is 50.2 Å². The van der Waals surface area contributed by atoms with Crippen LogP contribution in [-0.4, -0.2) is 19.8 Å². The van der Waals surface area contributed by atoms with Crippen molar-refractivity contribution in [1.29, 1.82) is 0 Å². The Kier molecular flexibility index (Phi) is 5.69. The van der Waals surface area contributed by atoms with Crippen molar-refractivity contribution in [2.24, 2.45) is 0 Å². The maximum absolute atomic E-state index is 5.69. The predicted octanol–water partition coefficient (Wildman–Crippen LogP) is 3.78. The second-order valence-electron chi connectivity index (χ2n) is 4.58. The van der Waals surface area contributed by atoms with Gasteiger partial charge in [0.1, 0.15) is 5.76 Å². The van der Waals surface area contributed by atoms with E-state index in [1.807, 2.05) is 44.2 Å². The van der Waals surface area contributed by atoms with Crippen LogP contribution in [0.2, 0.25) is 0 Å². The second-order valence-corrected chi connectivity index (χ2v) is 4.58. The fourth-order valence-electron chi connectivity index (χ4n) is 2.29. The molecule has 1 atom stereocenters. The minimum absolute atomic E-state index is 0.0138. The van der Waals surface area contributed by atoms with Crippen molar-refractivity contribution in [3.8, 4) is 11.5 Å². The van der Waals surface area contributed by atoms with Gasteiger partial charge in [-0.15, -0.1) is 0 Å². The van der Waals surface area contributed by atoms with Crippen LogP contribution in [0.5, 0.6) is 11.5 Å². The van der Waals surface area contributed by atoms with E-state index in [-0.39, 0.29) is 6.04 Å². The lowest BCUT2D eigenvalue weighted by atomic mass is 10.0. The second kappa shape index (κ2) is 7.74. The van der Waals surface area contributed by atoms with Crippen LogP contribution >= 0.6 is 0 Å². The fourth-order valence-corrected chi connectivity index (χ4v) is 2.29. The highest BCUT2D eigenvalue weighted by atomic mass is 16.5. The van der Waals surface area contributed by atoms with Crippen molar-refractivity contribution >= 4 is 0 Å².